The second-order valence-corrected chi connectivity index (χ2v) is 6.85. The van der Waals surface area contributed by atoms with Crippen LogP contribution >= 0.6 is 15.9 Å². The van der Waals surface area contributed by atoms with Gasteiger partial charge in [-0.25, -0.2) is 0 Å². The molecule has 0 fully saturated rings. The monoisotopic (exact) mass is 399 g/mol. The molecule has 1 aromatic heterocycles. The highest BCUT2D eigenvalue weighted by Gasteiger charge is 2.25. The number of aromatic nitrogens is 2. The summed E-state index contributed by atoms with van der Waals surface area (Å²) in [6.45, 7) is 3.99. The molecule has 128 valence electrons. The summed E-state index contributed by atoms with van der Waals surface area (Å²) in [6, 6.07) is 16.5. The van der Waals surface area contributed by atoms with Gasteiger partial charge in [-0.1, -0.05) is 61.5 Å². The lowest BCUT2D eigenvalue weighted by Crippen LogP contribution is -2.32. The molecular weight excluding hydrogens is 382 g/mol. The predicted octanol–water partition coefficient (Wildman–Crippen LogP) is 4.63. The van der Waals surface area contributed by atoms with Gasteiger partial charge in [0.15, 0.2) is 0 Å². The first-order valence-corrected chi connectivity index (χ1v) is 8.80. The summed E-state index contributed by atoms with van der Waals surface area (Å²) in [5.74, 6) is 0.812. The molecule has 0 aliphatic heterocycles. The minimum Gasteiger partial charge on any atom is -0.340 e. The van der Waals surface area contributed by atoms with E-state index in [1.165, 1.54) is 0 Å². The Morgan fingerprint density at radius 3 is 2.44 bits per heavy atom. The van der Waals surface area contributed by atoms with E-state index in [1.807, 2.05) is 62.4 Å². The van der Waals surface area contributed by atoms with Gasteiger partial charge in [0.25, 0.3) is 5.91 Å². The molecular formula is C19H18BrN3O2. The van der Waals surface area contributed by atoms with Crippen LogP contribution in [0.4, 0.5) is 0 Å². The van der Waals surface area contributed by atoms with Crippen molar-refractivity contribution in [1.82, 2.24) is 15.5 Å². The maximum Gasteiger partial charge on any atom is 0.253 e. The number of nitrogens with zero attached hydrogens (tertiary/aromatic N) is 2. The Morgan fingerprint density at radius 1 is 1.08 bits per heavy atom. The Kier molecular flexibility index (Phi) is 5.28. The van der Waals surface area contributed by atoms with Crippen LogP contribution in [-0.4, -0.2) is 16.0 Å². The van der Waals surface area contributed by atoms with Crippen molar-refractivity contribution in [3.63, 3.8) is 0 Å². The lowest BCUT2D eigenvalue weighted by molar-refractivity contribution is 0.0913. The van der Waals surface area contributed by atoms with Crippen LogP contribution in [0.25, 0.3) is 11.4 Å². The summed E-state index contributed by atoms with van der Waals surface area (Å²) < 4.78 is 6.16. The van der Waals surface area contributed by atoms with E-state index in [4.69, 9.17) is 4.52 Å². The molecule has 0 saturated carbocycles. The first kappa shape index (κ1) is 17.4. The molecule has 0 unspecified atom stereocenters. The van der Waals surface area contributed by atoms with E-state index < -0.39 is 0 Å². The van der Waals surface area contributed by atoms with E-state index in [0.29, 0.717) is 17.3 Å². The average molecular weight is 400 g/mol. The van der Waals surface area contributed by atoms with Gasteiger partial charge in [0.2, 0.25) is 11.7 Å². The van der Waals surface area contributed by atoms with E-state index in [0.717, 1.165) is 10.0 Å². The van der Waals surface area contributed by atoms with Crippen molar-refractivity contribution in [3.05, 3.63) is 70.5 Å². The maximum atomic E-state index is 12.6. The molecule has 1 heterocycles. The smallest absolute Gasteiger partial charge is 0.253 e. The zero-order valence-corrected chi connectivity index (χ0v) is 15.5. The lowest BCUT2D eigenvalue weighted by Gasteiger charge is -2.18. The third kappa shape index (κ3) is 3.96. The molecule has 0 radical (unpaired) electrons. The summed E-state index contributed by atoms with van der Waals surface area (Å²) >= 11 is 3.40. The van der Waals surface area contributed by atoms with Crippen molar-refractivity contribution in [3.8, 4) is 11.4 Å². The molecule has 0 spiro atoms. The molecule has 0 aliphatic rings. The zero-order valence-electron chi connectivity index (χ0n) is 13.9. The molecule has 0 aliphatic carbocycles. The van der Waals surface area contributed by atoms with Crippen molar-refractivity contribution in [2.75, 3.05) is 0 Å². The number of carbonyl (C=O) groups excluding carboxylic acids is 1. The van der Waals surface area contributed by atoms with E-state index in [2.05, 4.69) is 31.4 Å². The number of carbonyl (C=O) groups is 1. The van der Waals surface area contributed by atoms with Gasteiger partial charge in [0.05, 0.1) is 5.56 Å². The van der Waals surface area contributed by atoms with Gasteiger partial charge < -0.3 is 9.84 Å². The number of benzene rings is 2. The summed E-state index contributed by atoms with van der Waals surface area (Å²) in [5.41, 5.74) is 1.44. The second kappa shape index (κ2) is 7.61. The Bertz CT molecular complexity index is 862. The van der Waals surface area contributed by atoms with Crippen molar-refractivity contribution in [2.45, 2.75) is 19.9 Å². The summed E-state index contributed by atoms with van der Waals surface area (Å²) in [4.78, 5) is 17.1. The molecule has 2 aromatic carbocycles. The van der Waals surface area contributed by atoms with Crippen LogP contribution < -0.4 is 5.32 Å². The largest absolute Gasteiger partial charge is 0.340 e. The third-order valence-electron chi connectivity index (χ3n) is 3.81. The predicted molar refractivity (Wildman–Crippen MR) is 98.9 cm³/mol. The Balaban J connectivity index is 1.84. The number of hydrogen-bond acceptors (Lipinski definition) is 4. The van der Waals surface area contributed by atoms with Gasteiger partial charge in [-0.05, 0) is 34.0 Å². The second-order valence-electron chi connectivity index (χ2n) is 6.00. The molecule has 0 bridgehead atoms. The number of rotatable bonds is 5. The fourth-order valence-electron chi connectivity index (χ4n) is 2.44. The van der Waals surface area contributed by atoms with Crippen LogP contribution in [0.2, 0.25) is 0 Å². The molecule has 1 atom stereocenters. The topological polar surface area (TPSA) is 68.0 Å². The minimum absolute atomic E-state index is 0.0931. The molecule has 25 heavy (non-hydrogen) atoms. The minimum atomic E-state index is -0.371. The highest BCUT2D eigenvalue weighted by molar-refractivity contribution is 9.10. The van der Waals surface area contributed by atoms with Gasteiger partial charge in [0, 0.05) is 10.0 Å². The Morgan fingerprint density at radius 2 is 1.76 bits per heavy atom. The van der Waals surface area contributed by atoms with Gasteiger partial charge in [-0.15, -0.1) is 0 Å². The van der Waals surface area contributed by atoms with E-state index in [1.54, 1.807) is 6.07 Å². The van der Waals surface area contributed by atoms with Crippen LogP contribution in [0.1, 0.15) is 36.1 Å². The first-order valence-electron chi connectivity index (χ1n) is 8.00. The molecule has 0 saturated heterocycles. The molecule has 5 nitrogen and oxygen atoms in total. The summed E-state index contributed by atoms with van der Waals surface area (Å²) in [7, 11) is 0. The van der Waals surface area contributed by atoms with Gasteiger partial charge >= 0.3 is 0 Å². The molecule has 3 aromatic rings. The Hall–Kier alpha value is -2.47. The zero-order chi connectivity index (χ0) is 17.8. The SMILES string of the molecule is CC(C)[C@@H](NC(=O)c1ccccc1Br)c1nc(-c2ccccc2)no1. The van der Waals surface area contributed by atoms with E-state index >= 15 is 0 Å². The van der Waals surface area contributed by atoms with Crippen LogP contribution in [0.15, 0.2) is 63.6 Å². The highest BCUT2D eigenvalue weighted by atomic mass is 79.9. The van der Waals surface area contributed by atoms with E-state index in [-0.39, 0.29) is 17.9 Å². The number of nitrogens with one attached hydrogen (secondary N) is 1. The highest BCUT2D eigenvalue weighted by Crippen LogP contribution is 2.25. The molecule has 6 heteroatoms. The van der Waals surface area contributed by atoms with Crippen LogP contribution in [0.3, 0.4) is 0 Å². The normalized spacial score (nSPS) is 12.2. The van der Waals surface area contributed by atoms with Crippen LogP contribution in [-0.2, 0) is 0 Å². The van der Waals surface area contributed by atoms with Crippen molar-refractivity contribution < 1.29 is 9.32 Å². The molecule has 1 N–H and O–H groups in total. The van der Waals surface area contributed by atoms with Gasteiger partial charge in [-0.3, -0.25) is 4.79 Å². The molecule has 1 amide bonds. The summed E-state index contributed by atoms with van der Waals surface area (Å²) in [5, 5.41) is 7.03. The Labute approximate surface area is 154 Å². The summed E-state index contributed by atoms with van der Waals surface area (Å²) in [6.07, 6.45) is 0. The van der Waals surface area contributed by atoms with Crippen molar-refractivity contribution in [2.24, 2.45) is 5.92 Å². The van der Waals surface area contributed by atoms with Crippen molar-refractivity contribution >= 4 is 21.8 Å². The maximum absolute atomic E-state index is 12.6. The first-order chi connectivity index (χ1) is 12.1. The van der Waals surface area contributed by atoms with Gasteiger partial charge in [0.1, 0.15) is 6.04 Å². The van der Waals surface area contributed by atoms with Crippen molar-refractivity contribution in [1.29, 1.82) is 0 Å². The number of hydrogen-bond donors (Lipinski definition) is 1. The lowest BCUT2D eigenvalue weighted by atomic mass is 10.0. The third-order valence-corrected chi connectivity index (χ3v) is 4.50. The molecule has 3 rings (SSSR count). The standard InChI is InChI=1S/C19H18BrN3O2/c1-12(2)16(21-18(24)14-10-6-7-11-15(14)20)19-22-17(23-25-19)13-8-4-3-5-9-13/h3-12,16H,1-2H3,(H,21,24)/t16-/m1/s1. The number of amides is 1. The van der Waals surface area contributed by atoms with Crippen LogP contribution in [0.5, 0.6) is 0 Å². The quantitative estimate of drug-likeness (QED) is 0.678. The fraction of sp³-hybridized carbons (Fsp3) is 0.211. The average Bonchev–Trinajstić information content (AvgIpc) is 3.10. The fourth-order valence-corrected chi connectivity index (χ4v) is 2.91. The van der Waals surface area contributed by atoms with Crippen LogP contribution in [0, 0.1) is 5.92 Å². The number of halogens is 1. The van der Waals surface area contributed by atoms with E-state index in [9.17, 15) is 4.79 Å². The van der Waals surface area contributed by atoms with Gasteiger partial charge in [-0.2, -0.15) is 4.98 Å².